The molecule has 2 aromatic carbocycles. The Bertz CT molecular complexity index is 636. The van der Waals surface area contributed by atoms with Crippen LogP contribution in [0.1, 0.15) is 24.2 Å². The molecular weight excluding hydrogens is 324 g/mol. The molecule has 0 aromatic heterocycles. The molecular formula is C17H18Cl2FNO. The van der Waals surface area contributed by atoms with Crippen LogP contribution in [0, 0.1) is 5.82 Å². The second kappa shape index (κ2) is 7.93. The Morgan fingerprint density at radius 2 is 1.77 bits per heavy atom. The fourth-order valence-corrected chi connectivity index (χ4v) is 2.66. The molecule has 1 unspecified atom stereocenters. The van der Waals surface area contributed by atoms with E-state index in [4.69, 9.17) is 23.2 Å². The van der Waals surface area contributed by atoms with Crippen LogP contribution < -0.4 is 5.32 Å². The molecule has 0 radical (unpaired) electrons. The first-order valence-electron chi connectivity index (χ1n) is 7.07. The zero-order valence-corrected chi connectivity index (χ0v) is 13.7. The van der Waals surface area contributed by atoms with Crippen molar-refractivity contribution in [1.29, 1.82) is 0 Å². The Balaban J connectivity index is 1.92. The van der Waals surface area contributed by atoms with E-state index >= 15 is 0 Å². The van der Waals surface area contributed by atoms with Crippen molar-refractivity contribution in [3.63, 3.8) is 0 Å². The van der Waals surface area contributed by atoms with Crippen LogP contribution in [0.15, 0.2) is 42.5 Å². The molecule has 0 saturated carbocycles. The lowest BCUT2D eigenvalue weighted by atomic mass is 10.1. The van der Waals surface area contributed by atoms with E-state index in [-0.39, 0.29) is 23.2 Å². The summed E-state index contributed by atoms with van der Waals surface area (Å²) in [6.45, 7) is 2.23. The molecule has 2 rings (SSSR count). The maximum Gasteiger partial charge on any atom is 0.147 e. The second-order valence-electron chi connectivity index (χ2n) is 5.26. The van der Waals surface area contributed by atoms with E-state index in [1.165, 1.54) is 12.1 Å². The molecule has 2 atom stereocenters. The van der Waals surface area contributed by atoms with Crippen LogP contribution >= 0.6 is 23.2 Å². The fourth-order valence-electron chi connectivity index (χ4n) is 2.27. The standard InChI is InChI=1S/C17H18Cl2FNO/c1-11(9-12-5-2-3-7-14(12)18)21-10-16(22)13-6-4-8-15(19)17(13)20/h2-8,11,16,21-22H,9-10H2,1H3/t11?,16-/m0/s1. The van der Waals surface area contributed by atoms with Gasteiger partial charge in [0.25, 0.3) is 0 Å². The van der Waals surface area contributed by atoms with Crippen LogP contribution in [0.4, 0.5) is 4.39 Å². The zero-order chi connectivity index (χ0) is 16.1. The van der Waals surface area contributed by atoms with Gasteiger partial charge in [-0.3, -0.25) is 0 Å². The monoisotopic (exact) mass is 341 g/mol. The molecule has 2 nitrogen and oxygen atoms in total. The molecule has 0 amide bonds. The summed E-state index contributed by atoms with van der Waals surface area (Å²) >= 11 is 11.8. The Morgan fingerprint density at radius 3 is 2.50 bits per heavy atom. The summed E-state index contributed by atoms with van der Waals surface area (Å²) in [5, 5.41) is 14.0. The first kappa shape index (κ1) is 17.2. The summed E-state index contributed by atoms with van der Waals surface area (Å²) in [5.74, 6) is -0.572. The van der Waals surface area contributed by atoms with Crippen LogP contribution in [0.2, 0.25) is 10.0 Å². The third kappa shape index (κ3) is 4.43. The van der Waals surface area contributed by atoms with Crippen LogP contribution in [0.3, 0.4) is 0 Å². The van der Waals surface area contributed by atoms with Crippen molar-refractivity contribution >= 4 is 23.2 Å². The average Bonchev–Trinajstić information content (AvgIpc) is 2.50. The largest absolute Gasteiger partial charge is 0.387 e. The first-order valence-corrected chi connectivity index (χ1v) is 7.83. The smallest absolute Gasteiger partial charge is 0.147 e. The summed E-state index contributed by atoms with van der Waals surface area (Å²) < 4.78 is 13.8. The lowest BCUT2D eigenvalue weighted by molar-refractivity contribution is 0.166. The molecule has 0 aliphatic carbocycles. The Labute approximate surface area is 139 Å². The van der Waals surface area contributed by atoms with E-state index in [1.54, 1.807) is 6.07 Å². The van der Waals surface area contributed by atoms with E-state index < -0.39 is 11.9 Å². The molecule has 118 valence electrons. The van der Waals surface area contributed by atoms with E-state index in [0.717, 1.165) is 17.0 Å². The molecule has 0 saturated heterocycles. The zero-order valence-electron chi connectivity index (χ0n) is 12.2. The molecule has 0 heterocycles. The lowest BCUT2D eigenvalue weighted by Crippen LogP contribution is -2.32. The van der Waals surface area contributed by atoms with Crippen molar-refractivity contribution in [3.8, 4) is 0 Å². The molecule has 2 N–H and O–H groups in total. The Morgan fingerprint density at radius 1 is 1.09 bits per heavy atom. The number of nitrogens with one attached hydrogen (secondary N) is 1. The minimum atomic E-state index is -0.951. The van der Waals surface area contributed by atoms with Gasteiger partial charge in [-0.1, -0.05) is 53.5 Å². The van der Waals surface area contributed by atoms with Crippen molar-refractivity contribution in [2.24, 2.45) is 0 Å². The summed E-state index contributed by atoms with van der Waals surface area (Å²) in [5.41, 5.74) is 1.23. The van der Waals surface area contributed by atoms with Gasteiger partial charge < -0.3 is 10.4 Å². The molecule has 22 heavy (non-hydrogen) atoms. The highest BCUT2D eigenvalue weighted by atomic mass is 35.5. The summed E-state index contributed by atoms with van der Waals surface area (Å²) in [6.07, 6.45) is -0.225. The summed E-state index contributed by atoms with van der Waals surface area (Å²) in [7, 11) is 0. The average molecular weight is 342 g/mol. The van der Waals surface area contributed by atoms with E-state index in [1.807, 2.05) is 31.2 Å². The molecule has 5 heteroatoms. The van der Waals surface area contributed by atoms with Crippen molar-refractivity contribution in [1.82, 2.24) is 5.32 Å². The predicted octanol–water partition coefficient (Wildman–Crippen LogP) is 4.39. The van der Waals surface area contributed by atoms with Gasteiger partial charge in [-0.05, 0) is 31.0 Å². The van der Waals surface area contributed by atoms with E-state index in [0.29, 0.717) is 0 Å². The topological polar surface area (TPSA) is 32.3 Å². The number of rotatable bonds is 6. The number of benzene rings is 2. The second-order valence-corrected chi connectivity index (χ2v) is 6.08. The number of halogens is 3. The van der Waals surface area contributed by atoms with Gasteiger partial charge in [0, 0.05) is 23.2 Å². The van der Waals surface area contributed by atoms with Crippen molar-refractivity contribution in [2.75, 3.05) is 6.54 Å². The Hall–Kier alpha value is -1.13. The quantitative estimate of drug-likeness (QED) is 0.816. The number of hydrogen-bond donors (Lipinski definition) is 2. The Kier molecular flexibility index (Phi) is 6.21. The van der Waals surface area contributed by atoms with Gasteiger partial charge in [-0.15, -0.1) is 0 Å². The maximum atomic E-state index is 13.8. The SMILES string of the molecule is CC(Cc1ccccc1Cl)NC[C@H](O)c1cccc(Cl)c1F. The van der Waals surface area contributed by atoms with Gasteiger partial charge in [0.15, 0.2) is 0 Å². The normalized spacial score (nSPS) is 13.9. The van der Waals surface area contributed by atoms with Gasteiger partial charge in [0.05, 0.1) is 11.1 Å². The van der Waals surface area contributed by atoms with Crippen LogP contribution in [0.5, 0.6) is 0 Å². The van der Waals surface area contributed by atoms with E-state index in [2.05, 4.69) is 5.32 Å². The van der Waals surface area contributed by atoms with Gasteiger partial charge in [-0.2, -0.15) is 0 Å². The fraction of sp³-hybridized carbons (Fsp3) is 0.294. The predicted molar refractivity (Wildman–Crippen MR) is 89.0 cm³/mol. The van der Waals surface area contributed by atoms with Gasteiger partial charge in [0.2, 0.25) is 0 Å². The lowest BCUT2D eigenvalue weighted by Gasteiger charge is -2.18. The highest BCUT2D eigenvalue weighted by molar-refractivity contribution is 6.31. The number of hydrogen-bond acceptors (Lipinski definition) is 2. The van der Waals surface area contributed by atoms with Gasteiger partial charge >= 0.3 is 0 Å². The van der Waals surface area contributed by atoms with Crippen molar-refractivity contribution in [2.45, 2.75) is 25.5 Å². The van der Waals surface area contributed by atoms with E-state index in [9.17, 15) is 9.50 Å². The molecule has 2 aromatic rings. The minimum absolute atomic E-state index is 0.0145. The highest BCUT2D eigenvalue weighted by Gasteiger charge is 2.16. The summed E-state index contributed by atoms with van der Waals surface area (Å²) in [4.78, 5) is 0. The molecule has 0 fully saturated rings. The highest BCUT2D eigenvalue weighted by Crippen LogP contribution is 2.23. The minimum Gasteiger partial charge on any atom is -0.387 e. The third-order valence-electron chi connectivity index (χ3n) is 3.48. The van der Waals surface area contributed by atoms with Crippen molar-refractivity contribution < 1.29 is 9.50 Å². The van der Waals surface area contributed by atoms with Crippen LogP contribution in [0.25, 0.3) is 0 Å². The van der Waals surface area contributed by atoms with Crippen LogP contribution in [-0.4, -0.2) is 17.7 Å². The van der Waals surface area contributed by atoms with Crippen LogP contribution in [-0.2, 0) is 6.42 Å². The number of aliphatic hydroxyl groups excluding tert-OH is 1. The molecule has 0 aliphatic heterocycles. The van der Waals surface area contributed by atoms with Gasteiger partial charge in [-0.25, -0.2) is 4.39 Å². The third-order valence-corrected chi connectivity index (χ3v) is 4.14. The van der Waals surface area contributed by atoms with Gasteiger partial charge in [0.1, 0.15) is 5.82 Å². The van der Waals surface area contributed by atoms with Crippen molar-refractivity contribution in [3.05, 3.63) is 69.5 Å². The summed E-state index contributed by atoms with van der Waals surface area (Å²) in [6, 6.07) is 12.3. The molecule has 0 spiro atoms. The number of aliphatic hydroxyl groups is 1. The first-order chi connectivity index (χ1) is 10.5. The maximum absolute atomic E-state index is 13.8. The molecule has 0 aliphatic rings. The molecule has 0 bridgehead atoms.